The average molecular weight is 692 g/mol. The summed E-state index contributed by atoms with van der Waals surface area (Å²) in [4.78, 5) is 45.3. The van der Waals surface area contributed by atoms with Gasteiger partial charge < -0.3 is 24.7 Å². The molecule has 0 saturated carbocycles. The Bertz CT molecular complexity index is 2030. The molecule has 10 nitrogen and oxygen atoms in total. The summed E-state index contributed by atoms with van der Waals surface area (Å²) in [5.41, 5.74) is 2.70. The van der Waals surface area contributed by atoms with Crippen molar-refractivity contribution in [2.45, 2.75) is 45.7 Å². The molecule has 1 aromatic carbocycles. The van der Waals surface area contributed by atoms with Crippen molar-refractivity contribution in [3.8, 4) is 22.7 Å². The first-order valence-corrected chi connectivity index (χ1v) is 16.6. The van der Waals surface area contributed by atoms with Crippen LogP contribution in [0.1, 0.15) is 37.9 Å². The van der Waals surface area contributed by atoms with Crippen molar-refractivity contribution in [1.82, 2.24) is 24.3 Å². The van der Waals surface area contributed by atoms with Crippen molar-refractivity contribution in [3.05, 3.63) is 81.4 Å². The van der Waals surface area contributed by atoms with Crippen LogP contribution in [-0.2, 0) is 4.79 Å². The van der Waals surface area contributed by atoms with Crippen LogP contribution in [0.15, 0.2) is 53.7 Å². The van der Waals surface area contributed by atoms with Gasteiger partial charge in [-0.1, -0.05) is 38.1 Å². The molecule has 1 amide bonds. The monoisotopic (exact) mass is 691 g/mol. The van der Waals surface area contributed by atoms with Gasteiger partial charge in [-0.3, -0.25) is 19.1 Å². The highest BCUT2D eigenvalue weighted by molar-refractivity contribution is 6.34. The molecule has 0 spiro atoms. The van der Waals surface area contributed by atoms with Gasteiger partial charge in [-0.05, 0) is 63.7 Å². The number of aromatic hydroxyl groups is 1. The highest BCUT2D eigenvalue weighted by Crippen LogP contribution is 2.45. The SMILES string of the molecule is C=C(F)C(=O)N1CC2CN(CCN(C)C)c3c(c4cc(Cl)c(-c5c(O)cccc5F)nc4n(-c4c(C)ccnc4C(C)C)c3=O)N2CC1C. The molecule has 3 aromatic heterocycles. The molecule has 4 aromatic rings. The number of nitrogens with zero attached hydrogens (tertiary/aromatic N) is 7. The topological polar surface area (TPSA) is 98.0 Å². The number of likely N-dealkylation sites (N-methyl/N-ethyl adjacent to an activating group) is 1. The van der Waals surface area contributed by atoms with Crippen LogP contribution in [0.2, 0.25) is 5.02 Å². The van der Waals surface area contributed by atoms with E-state index in [0.717, 1.165) is 5.56 Å². The second-order valence-corrected chi connectivity index (χ2v) is 13.9. The summed E-state index contributed by atoms with van der Waals surface area (Å²) in [7, 11) is 3.89. The number of hydrogen-bond acceptors (Lipinski definition) is 8. The number of piperazine rings is 1. The second-order valence-electron chi connectivity index (χ2n) is 13.4. The number of hydrogen-bond donors (Lipinski definition) is 1. The molecule has 2 aliphatic heterocycles. The molecule has 0 aliphatic carbocycles. The predicted molar refractivity (Wildman–Crippen MR) is 189 cm³/mol. The number of rotatable bonds is 7. The fraction of sp³-hybridized carbons (Fsp3) is 0.389. The predicted octanol–water partition coefficient (Wildman–Crippen LogP) is 5.65. The Morgan fingerprint density at radius 1 is 1.16 bits per heavy atom. The number of phenols is 1. The lowest BCUT2D eigenvalue weighted by Crippen LogP contribution is -2.65. The molecular formula is C36H40ClF2N7O3. The standard InChI is InChI=1S/C36H40ClF2N7O3/c1-19(2)29-31(20(3)11-12-40-29)46-34-24(15-25(37)30(41-34)28-26(39)9-8-10-27(28)47)32-33(36(46)49)43(14-13-42(6)7)17-23-18-44(35(48)22(5)38)21(4)16-45(23)32/h8-12,15,19,21,23,47H,5,13-14,16-18H2,1-4,6-7H3. The summed E-state index contributed by atoms with van der Waals surface area (Å²) < 4.78 is 31.0. The van der Waals surface area contributed by atoms with Gasteiger partial charge in [-0.2, -0.15) is 0 Å². The van der Waals surface area contributed by atoms with Gasteiger partial charge in [0.05, 0.1) is 39.4 Å². The molecule has 6 rings (SSSR count). The smallest absolute Gasteiger partial charge is 0.282 e. The van der Waals surface area contributed by atoms with Gasteiger partial charge in [-0.15, -0.1) is 0 Å². The minimum atomic E-state index is -1.03. The maximum absolute atomic E-state index is 15.3. The van der Waals surface area contributed by atoms with Gasteiger partial charge in [-0.25, -0.2) is 13.8 Å². The van der Waals surface area contributed by atoms with Crippen LogP contribution in [-0.4, -0.2) is 94.3 Å². The summed E-state index contributed by atoms with van der Waals surface area (Å²) in [6.07, 6.45) is 1.70. The van der Waals surface area contributed by atoms with E-state index in [4.69, 9.17) is 16.6 Å². The lowest BCUT2D eigenvalue weighted by molar-refractivity contribution is -0.131. The van der Waals surface area contributed by atoms with Gasteiger partial charge >= 0.3 is 0 Å². The number of halogens is 3. The van der Waals surface area contributed by atoms with Crippen molar-refractivity contribution < 1.29 is 18.7 Å². The molecule has 2 atom stereocenters. The van der Waals surface area contributed by atoms with E-state index in [1.807, 2.05) is 57.7 Å². The molecule has 49 heavy (non-hydrogen) atoms. The van der Waals surface area contributed by atoms with E-state index < -0.39 is 23.6 Å². The van der Waals surface area contributed by atoms with E-state index >= 15 is 9.18 Å². The Labute approximate surface area is 288 Å². The number of carbonyl (C=O) groups is 1. The summed E-state index contributed by atoms with van der Waals surface area (Å²) in [6.45, 7) is 12.9. The van der Waals surface area contributed by atoms with Crippen molar-refractivity contribution >= 4 is 39.9 Å². The van der Waals surface area contributed by atoms with Crippen LogP contribution in [0.5, 0.6) is 5.75 Å². The fourth-order valence-electron chi connectivity index (χ4n) is 7.02. The maximum atomic E-state index is 15.3. The van der Waals surface area contributed by atoms with Crippen molar-refractivity contribution in [2.24, 2.45) is 0 Å². The molecule has 0 radical (unpaired) electrons. The molecule has 0 bridgehead atoms. The maximum Gasteiger partial charge on any atom is 0.282 e. The van der Waals surface area contributed by atoms with Crippen molar-refractivity contribution in [1.29, 1.82) is 0 Å². The first-order valence-electron chi connectivity index (χ1n) is 16.3. The second kappa shape index (κ2) is 13.1. The van der Waals surface area contributed by atoms with Gasteiger partial charge in [0.25, 0.3) is 11.5 Å². The number of anilines is 2. The number of fused-ring (bicyclic) bond motifs is 5. The number of aryl methyl sites for hydroxylation is 1. The highest BCUT2D eigenvalue weighted by atomic mass is 35.5. The average Bonchev–Trinajstić information content (AvgIpc) is 3.03. The number of aromatic nitrogens is 3. The Kier molecular flexibility index (Phi) is 9.14. The number of amides is 1. The fourth-order valence-corrected chi connectivity index (χ4v) is 7.27. The summed E-state index contributed by atoms with van der Waals surface area (Å²) in [5.74, 6) is -2.92. The van der Waals surface area contributed by atoms with Crippen LogP contribution in [0.3, 0.4) is 0 Å². The quantitative estimate of drug-likeness (QED) is 0.249. The Balaban J connectivity index is 1.73. The van der Waals surface area contributed by atoms with Gasteiger partial charge in [0.1, 0.15) is 17.3 Å². The Morgan fingerprint density at radius 3 is 2.55 bits per heavy atom. The van der Waals surface area contributed by atoms with Crippen LogP contribution in [0.25, 0.3) is 28.0 Å². The molecular weight excluding hydrogens is 652 g/mol. The van der Waals surface area contributed by atoms with Gasteiger partial charge in [0.2, 0.25) is 0 Å². The lowest BCUT2D eigenvalue weighted by atomic mass is 9.98. The van der Waals surface area contributed by atoms with E-state index in [0.29, 0.717) is 54.3 Å². The zero-order valence-corrected chi connectivity index (χ0v) is 29.2. The number of phenolic OH excluding ortho intramolecular Hbond substituents is 1. The third kappa shape index (κ3) is 5.90. The van der Waals surface area contributed by atoms with Crippen LogP contribution >= 0.6 is 11.6 Å². The number of benzene rings is 1. The summed E-state index contributed by atoms with van der Waals surface area (Å²) in [5, 5.41) is 11.4. The number of carbonyl (C=O) groups excluding carboxylic acids is 1. The summed E-state index contributed by atoms with van der Waals surface area (Å²) in [6, 6.07) is 6.71. The molecule has 1 N–H and O–H groups in total. The van der Waals surface area contributed by atoms with Crippen molar-refractivity contribution in [3.63, 3.8) is 0 Å². The highest BCUT2D eigenvalue weighted by Gasteiger charge is 2.43. The zero-order valence-electron chi connectivity index (χ0n) is 28.5. The van der Waals surface area contributed by atoms with Crippen LogP contribution < -0.4 is 15.4 Å². The molecule has 13 heteroatoms. The lowest BCUT2D eigenvalue weighted by Gasteiger charge is -2.52. The van der Waals surface area contributed by atoms with E-state index in [2.05, 4.69) is 16.5 Å². The largest absolute Gasteiger partial charge is 0.507 e. The molecule has 1 fully saturated rings. The van der Waals surface area contributed by atoms with Gasteiger partial charge in [0, 0.05) is 50.3 Å². The van der Waals surface area contributed by atoms with E-state index in [1.165, 1.54) is 23.1 Å². The first kappa shape index (κ1) is 34.3. The molecule has 5 heterocycles. The van der Waals surface area contributed by atoms with Crippen LogP contribution in [0.4, 0.5) is 20.2 Å². The minimum absolute atomic E-state index is 0.0208. The molecule has 1 saturated heterocycles. The van der Waals surface area contributed by atoms with Crippen LogP contribution in [0, 0.1) is 12.7 Å². The Morgan fingerprint density at radius 2 is 1.90 bits per heavy atom. The molecule has 258 valence electrons. The summed E-state index contributed by atoms with van der Waals surface area (Å²) >= 11 is 6.93. The number of pyridine rings is 3. The first-order chi connectivity index (χ1) is 23.2. The molecule has 2 unspecified atom stereocenters. The van der Waals surface area contributed by atoms with E-state index in [-0.39, 0.29) is 51.7 Å². The zero-order chi connectivity index (χ0) is 35.5. The van der Waals surface area contributed by atoms with E-state index in [9.17, 15) is 14.3 Å². The molecule has 2 aliphatic rings. The normalized spacial score (nSPS) is 17.6. The van der Waals surface area contributed by atoms with Gasteiger partial charge in [0.15, 0.2) is 11.5 Å². The third-order valence-corrected chi connectivity index (χ3v) is 9.68. The minimum Gasteiger partial charge on any atom is -0.507 e. The van der Waals surface area contributed by atoms with Crippen molar-refractivity contribution in [2.75, 3.05) is 56.6 Å². The third-order valence-electron chi connectivity index (χ3n) is 9.39. The Hall–Kier alpha value is -4.55. The van der Waals surface area contributed by atoms with E-state index in [1.54, 1.807) is 16.8 Å².